The smallest absolute Gasteiger partial charge is 0.226 e. The minimum atomic E-state index is -0.336. The lowest BCUT2D eigenvalue weighted by molar-refractivity contribution is 0.0374. The van der Waals surface area contributed by atoms with Crippen LogP contribution in [0.5, 0.6) is 0 Å². The average Bonchev–Trinajstić information content (AvgIpc) is 3.39. The molecule has 0 spiro atoms. The van der Waals surface area contributed by atoms with E-state index in [1.54, 1.807) is 0 Å². The summed E-state index contributed by atoms with van der Waals surface area (Å²) in [7, 11) is 0. The second-order valence-electron chi connectivity index (χ2n) is 9.16. The summed E-state index contributed by atoms with van der Waals surface area (Å²) < 4.78 is 7.57. The summed E-state index contributed by atoms with van der Waals surface area (Å²) in [5.74, 6) is 3.12. The normalized spacial score (nSPS) is 27.7. The van der Waals surface area contributed by atoms with Gasteiger partial charge in [0.25, 0.3) is 0 Å². The maximum Gasteiger partial charge on any atom is 0.226 e. The minimum absolute atomic E-state index is 0.0893. The van der Waals surface area contributed by atoms with E-state index in [4.69, 9.17) is 4.52 Å². The molecule has 1 saturated heterocycles. The zero-order valence-electron chi connectivity index (χ0n) is 17.1. The first-order chi connectivity index (χ1) is 14.1. The predicted molar refractivity (Wildman–Crippen MR) is 109 cm³/mol. The molecule has 0 unspecified atom stereocenters. The molecule has 1 saturated carbocycles. The van der Waals surface area contributed by atoms with Crippen molar-refractivity contribution in [2.75, 3.05) is 13.1 Å². The summed E-state index contributed by atoms with van der Waals surface area (Å²) in [6.45, 7) is 7.05. The van der Waals surface area contributed by atoms with Crippen molar-refractivity contribution < 1.29 is 9.63 Å². The van der Waals surface area contributed by atoms with Gasteiger partial charge in [-0.3, -0.25) is 4.90 Å². The molecule has 1 N–H and O–H groups in total. The number of nitrogens with zero attached hydrogens (tertiary/aromatic N) is 5. The van der Waals surface area contributed by atoms with E-state index in [0.717, 1.165) is 61.6 Å². The Bertz CT molecular complexity index is 980. The van der Waals surface area contributed by atoms with Crippen molar-refractivity contribution in [1.29, 1.82) is 0 Å². The monoisotopic (exact) mass is 395 g/mol. The topological polar surface area (TPSA) is 80.2 Å². The van der Waals surface area contributed by atoms with Crippen molar-refractivity contribution in [3.63, 3.8) is 0 Å². The molecule has 0 radical (unpaired) electrons. The zero-order chi connectivity index (χ0) is 20.0. The maximum atomic E-state index is 10.9. The van der Waals surface area contributed by atoms with E-state index < -0.39 is 0 Å². The number of aliphatic hydroxyl groups is 1. The van der Waals surface area contributed by atoms with Crippen molar-refractivity contribution in [2.24, 2.45) is 17.8 Å². The van der Waals surface area contributed by atoms with Gasteiger partial charge in [0, 0.05) is 19.5 Å². The van der Waals surface area contributed by atoms with E-state index >= 15 is 0 Å². The second-order valence-corrected chi connectivity index (χ2v) is 9.16. The molecule has 2 aliphatic rings. The van der Waals surface area contributed by atoms with Crippen LogP contribution in [0.25, 0.3) is 11.0 Å². The maximum absolute atomic E-state index is 10.9. The number of likely N-dealkylation sites (tertiary alicyclic amines) is 1. The van der Waals surface area contributed by atoms with Gasteiger partial charge in [0.1, 0.15) is 0 Å². The third-order valence-corrected chi connectivity index (χ3v) is 6.48. The third kappa shape index (κ3) is 3.69. The van der Waals surface area contributed by atoms with Gasteiger partial charge >= 0.3 is 0 Å². The highest BCUT2D eigenvalue weighted by Gasteiger charge is 2.42. The molecule has 2 aromatic heterocycles. The number of rotatable bonds is 5. The van der Waals surface area contributed by atoms with Gasteiger partial charge in [-0.25, -0.2) is 4.98 Å². The Kier molecular flexibility index (Phi) is 4.87. The van der Waals surface area contributed by atoms with Crippen molar-refractivity contribution in [3.8, 4) is 0 Å². The summed E-state index contributed by atoms with van der Waals surface area (Å²) >= 11 is 0. The molecule has 1 aromatic carbocycles. The van der Waals surface area contributed by atoms with Gasteiger partial charge in [0.15, 0.2) is 5.82 Å². The highest BCUT2D eigenvalue weighted by atomic mass is 16.5. The first-order valence-corrected chi connectivity index (χ1v) is 10.7. The molecule has 1 aliphatic carbocycles. The molecule has 1 aliphatic heterocycles. The molecular formula is C22H29N5O2. The number of imidazole rings is 1. The van der Waals surface area contributed by atoms with Crippen LogP contribution in [-0.2, 0) is 13.0 Å². The number of hydrogen-bond donors (Lipinski definition) is 1. The van der Waals surface area contributed by atoms with Crippen molar-refractivity contribution in [3.05, 3.63) is 42.3 Å². The molecular weight excluding hydrogens is 366 g/mol. The lowest BCUT2D eigenvalue weighted by atomic mass is 9.77. The van der Waals surface area contributed by atoms with E-state index in [0.29, 0.717) is 17.8 Å². The van der Waals surface area contributed by atoms with E-state index in [2.05, 4.69) is 44.5 Å². The summed E-state index contributed by atoms with van der Waals surface area (Å²) in [6.07, 6.45) is 4.19. The number of fused-ring (bicyclic) bond motifs is 2. The number of aliphatic hydroxyl groups excluding tert-OH is 1. The molecule has 4 atom stereocenters. The fourth-order valence-electron chi connectivity index (χ4n) is 5.16. The van der Waals surface area contributed by atoms with Crippen LogP contribution in [0.4, 0.5) is 0 Å². The highest BCUT2D eigenvalue weighted by Crippen LogP contribution is 2.42. The molecule has 2 fully saturated rings. The summed E-state index contributed by atoms with van der Waals surface area (Å²) in [4.78, 5) is 11.5. The molecule has 3 aromatic rings. The zero-order valence-corrected chi connectivity index (χ0v) is 17.1. The minimum Gasteiger partial charge on any atom is -0.391 e. The first-order valence-electron chi connectivity index (χ1n) is 10.7. The van der Waals surface area contributed by atoms with E-state index in [1.807, 2.05) is 24.5 Å². The average molecular weight is 396 g/mol. The largest absolute Gasteiger partial charge is 0.391 e. The molecule has 0 amide bonds. The molecule has 5 rings (SSSR count). The first kappa shape index (κ1) is 18.8. The van der Waals surface area contributed by atoms with Crippen LogP contribution in [0.1, 0.15) is 44.4 Å². The summed E-state index contributed by atoms with van der Waals surface area (Å²) in [5, 5.41) is 15.1. The molecule has 7 heteroatoms. The van der Waals surface area contributed by atoms with Gasteiger partial charge in [-0.05, 0) is 42.7 Å². The molecule has 29 heavy (non-hydrogen) atoms. The van der Waals surface area contributed by atoms with Crippen molar-refractivity contribution in [2.45, 2.75) is 51.8 Å². The summed E-state index contributed by atoms with van der Waals surface area (Å²) in [5.41, 5.74) is 2.10. The summed E-state index contributed by atoms with van der Waals surface area (Å²) in [6, 6.07) is 8.25. The standard InChI is InChI=1S/C22H29N5O2/c1-14(2)7-22-24-21(25-29-22)12-26-10-15-8-19(20(28)9-16(15)11-26)27-13-23-17-5-3-4-6-18(17)27/h3-6,13-16,19-20,28H,7-12H2,1-2H3/t15-,16+,19-,20-/m1/s1. The van der Waals surface area contributed by atoms with Gasteiger partial charge in [-0.15, -0.1) is 0 Å². The van der Waals surface area contributed by atoms with Crippen LogP contribution in [-0.4, -0.2) is 48.9 Å². The quantitative estimate of drug-likeness (QED) is 0.715. The van der Waals surface area contributed by atoms with Gasteiger partial charge in [-0.2, -0.15) is 4.98 Å². The lowest BCUT2D eigenvalue weighted by Crippen LogP contribution is -2.36. The van der Waals surface area contributed by atoms with Crippen LogP contribution in [0.3, 0.4) is 0 Å². The van der Waals surface area contributed by atoms with Crippen LogP contribution in [0.15, 0.2) is 35.1 Å². The number of hydrogen-bond acceptors (Lipinski definition) is 6. The molecule has 0 bridgehead atoms. The molecule has 3 heterocycles. The fraction of sp³-hybridized carbons (Fsp3) is 0.591. The Morgan fingerprint density at radius 3 is 2.79 bits per heavy atom. The number of aromatic nitrogens is 4. The highest BCUT2D eigenvalue weighted by molar-refractivity contribution is 5.75. The van der Waals surface area contributed by atoms with Crippen LogP contribution >= 0.6 is 0 Å². The Balaban J connectivity index is 1.27. The van der Waals surface area contributed by atoms with E-state index in [9.17, 15) is 5.11 Å². The molecule has 7 nitrogen and oxygen atoms in total. The Hall–Kier alpha value is -2.25. The number of benzene rings is 1. The fourth-order valence-corrected chi connectivity index (χ4v) is 5.16. The predicted octanol–water partition coefficient (Wildman–Crippen LogP) is 3.06. The Labute approximate surface area is 170 Å². The van der Waals surface area contributed by atoms with Gasteiger partial charge in [0.05, 0.1) is 36.1 Å². The lowest BCUT2D eigenvalue weighted by Gasteiger charge is -2.36. The Morgan fingerprint density at radius 2 is 1.97 bits per heavy atom. The van der Waals surface area contributed by atoms with Crippen LogP contribution in [0.2, 0.25) is 0 Å². The van der Waals surface area contributed by atoms with Crippen molar-refractivity contribution >= 4 is 11.0 Å². The van der Waals surface area contributed by atoms with Gasteiger partial charge in [-0.1, -0.05) is 31.1 Å². The second kappa shape index (κ2) is 7.54. The van der Waals surface area contributed by atoms with Gasteiger partial charge in [0.2, 0.25) is 5.89 Å². The third-order valence-electron chi connectivity index (χ3n) is 6.48. The van der Waals surface area contributed by atoms with E-state index in [1.165, 1.54) is 0 Å². The molecule has 154 valence electrons. The van der Waals surface area contributed by atoms with E-state index in [-0.39, 0.29) is 12.1 Å². The van der Waals surface area contributed by atoms with Gasteiger partial charge < -0.3 is 14.2 Å². The number of para-hydroxylation sites is 2. The van der Waals surface area contributed by atoms with Crippen LogP contribution in [0, 0.1) is 17.8 Å². The van der Waals surface area contributed by atoms with Crippen molar-refractivity contribution in [1.82, 2.24) is 24.6 Å². The SMILES string of the molecule is CC(C)Cc1nc(CN2C[C@H]3C[C@@H](n4cnc5ccccc54)[C@H](O)C[C@H]3C2)no1. The Morgan fingerprint density at radius 1 is 1.17 bits per heavy atom. The van der Waals surface area contributed by atoms with Crippen LogP contribution < -0.4 is 0 Å².